The van der Waals surface area contributed by atoms with Gasteiger partial charge in [0.2, 0.25) is 0 Å². The lowest BCUT2D eigenvalue weighted by Gasteiger charge is -2.14. The average Bonchev–Trinajstić information content (AvgIpc) is 2.90. The van der Waals surface area contributed by atoms with Gasteiger partial charge in [0.1, 0.15) is 0 Å². The summed E-state index contributed by atoms with van der Waals surface area (Å²) in [5.74, 6) is 4.03. The highest BCUT2D eigenvalue weighted by Gasteiger charge is 2.33. The summed E-state index contributed by atoms with van der Waals surface area (Å²) in [7, 11) is 0. The van der Waals surface area contributed by atoms with Gasteiger partial charge in [-0.3, -0.25) is 0 Å². The molecule has 0 bridgehead atoms. The molecule has 0 aliphatic heterocycles. The molecule has 1 saturated carbocycles. The maximum absolute atomic E-state index is 2.40. The minimum atomic E-state index is 0.874. The van der Waals surface area contributed by atoms with Crippen molar-refractivity contribution in [3.63, 3.8) is 0 Å². The van der Waals surface area contributed by atoms with Crippen LogP contribution in [0.25, 0.3) is 0 Å². The fourth-order valence-corrected chi connectivity index (χ4v) is 2.37. The Hall–Kier alpha value is 0. The first-order chi connectivity index (χ1) is 6.65. The molecule has 0 nitrogen and oxygen atoms in total. The molecule has 0 saturated heterocycles. The van der Waals surface area contributed by atoms with E-state index in [1.807, 2.05) is 0 Å². The van der Waals surface area contributed by atoms with Crippen LogP contribution >= 0.6 is 0 Å². The van der Waals surface area contributed by atoms with Crippen LogP contribution in [0, 0.1) is 23.7 Å². The van der Waals surface area contributed by atoms with Crippen LogP contribution in [0.4, 0.5) is 0 Å². The maximum atomic E-state index is 2.40. The van der Waals surface area contributed by atoms with Crippen molar-refractivity contribution in [2.45, 2.75) is 66.2 Å². The van der Waals surface area contributed by atoms with E-state index in [2.05, 4.69) is 27.7 Å². The van der Waals surface area contributed by atoms with Crippen molar-refractivity contribution >= 4 is 0 Å². The molecule has 0 spiro atoms. The highest BCUT2D eigenvalue weighted by atomic mass is 14.4. The Kier molecular flexibility index (Phi) is 4.98. The molecule has 0 amide bonds. The molecule has 1 fully saturated rings. The van der Waals surface area contributed by atoms with E-state index in [1.54, 1.807) is 0 Å². The van der Waals surface area contributed by atoms with E-state index >= 15 is 0 Å². The van der Waals surface area contributed by atoms with Gasteiger partial charge in [-0.05, 0) is 30.1 Å². The van der Waals surface area contributed by atoms with Gasteiger partial charge < -0.3 is 0 Å². The molecule has 0 N–H and O–H groups in total. The van der Waals surface area contributed by atoms with Crippen molar-refractivity contribution in [1.29, 1.82) is 0 Å². The second-order valence-electron chi connectivity index (χ2n) is 5.67. The first kappa shape index (κ1) is 12.1. The third kappa shape index (κ3) is 4.02. The van der Waals surface area contributed by atoms with Crippen molar-refractivity contribution in [3.05, 3.63) is 0 Å². The first-order valence-corrected chi connectivity index (χ1v) is 6.65. The SMILES string of the molecule is CCC1CC1CCCCC(C)C(C)C. The molecular formula is C14H28. The number of hydrogen-bond donors (Lipinski definition) is 0. The number of hydrogen-bond acceptors (Lipinski definition) is 0. The lowest BCUT2D eigenvalue weighted by atomic mass is 9.92. The molecule has 0 heterocycles. The van der Waals surface area contributed by atoms with E-state index in [0.717, 1.165) is 23.7 Å². The van der Waals surface area contributed by atoms with E-state index in [0.29, 0.717) is 0 Å². The summed E-state index contributed by atoms with van der Waals surface area (Å²) in [6.45, 7) is 9.43. The van der Waals surface area contributed by atoms with Crippen molar-refractivity contribution in [2.24, 2.45) is 23.7 Å². The summed E-state index contributed by atoms with van der Waals surface area (Å²) in [5, 5.41) is 0. The normalized spacial score (nSPS) is 28.1. The fourth-order valence-electron chi connectivity index (χ4n) is 2.37. The van der Waals surface area contributed by atoms with E-state index in [9.17, 15) is 0 Å². The zero-order valence-corrected chi connectivity index (χ0v) is 10.6. The third-order valence-corrected chi connectivity index (χ3v) is 4.22. The molecule has 3 unspecified atom stereocenters. The Morgan fingerprint density at radius 1 is 1.07 bits per heavy atom. The summed E-state index contributed by atoms with van der Waals surface area (Å²) >= 11 is 0. The summed E-state index contributed by atoms with van der Waals surface area (Å²) in [5.41, 5.74) is 0. The summed E-state index contributed by atoms with van der Waals surface area (Å²) < 4.78 is 0. The number of unbranched alkanes of at least 4 members (excludes halogenated alkanes) is 1. The largest absolute Gasteiger partial charge is 0.0651 e. The van der Waals surface area contributed by atoms with E-state index in [-0.39, 0.29) is 0 Å². The van der Waals surface area contributed by atoms with Crippen LogP contribution in [-0.2, 0) is 0 Å². The Balaban J connectivity index is 1.90. The molecule has 1 rings (SSSR count). The second kappa shape index (κ2) is 5.78. The Morgan fingerprint density at radius 3 is 2.29 bits per heavy atom. The molecule has 84 valence electrons. The topological polar surface area (TPSA) is 0 Å². The zero-order valence-electron chi connectivity index (χ0n) is 10.6. The van der Waals surface area contributed by atoms with Gasteiger partial charge in [0.25, 0.3) is 0 Å². The molecule has 1 aliphatic rings. The Labute approximate surface area is 90.5 Å². The quantitative estimate of drug-likeness (QED) is 0.509. The van der Waals surface area contributed by atoms with Crippen LogP contribution in [0.2, 0.25) is 0 Å². The number of rotatable bonds is 7. The van der Waals surface area contributed by atoms with Crippen LogP contribution in [-0.4, -0.2) is 0 Å². The average molecular weight is 196 g/mol. The Morgan fingerprint density at radius 2 is 1.79 bits per heavy atom. The van der Waals surface area contributed by atoms with Gasteiger partial charge in [0, 0.05) is 0 Å². The maximum Gasteiger partial charge on any atom is -0.0383 e. The molecule has 0 aromatic rings. The molecule has 0 heteroatoms. The minimum absolute atomic E-state index is 0.874. The summed E-state index contributed by atoms with van der Waals surface area (Å²) in [4.78, 5) is 0. The summed E-state index contributed by atoms with van der Waals surface area (Å²) in [6, 6.07) is 0. The van der Waals surface area contributed by atoms with Crippen LogP contribution in [0.5, 0.6) is 0 Å². The lowest BCUT2D eigenvalue weighted by Crippen LogP contribution is -2.03. The smallest absolute Gasteiger partial charge is 0.0383 e. The monoisotopic (exact) mass is 196 g/mol. The van der Waals surface area contributed by atoms with E-state index < -0.39 is 0 Å². The van der Waals surface area contributed by atoms with Gasteiger partial charge in [0.15, 0.2) is 0 Å². The third-order valence-electron chi connectivity index (χ3n) is 4.22. The van der Waals surface area contributed by atoms with Gasteiger partial charge in [-0.25, -0.2) is 0 Å². The van der Waals surface area contributed by atoms with E-state index in [4.69, 9.17) is 0 Å². The van der Waals surface area contributed by atoms with Crippen molar-refractivity contribution < 1.29 is 0 Å². The standard InChI is InChI=1S/C14H28/c1-5-13-10-14(13)9-7-6-8-12(4)11(2)3/h11-14H,5-10H2,1-4H3. The molecule has 14 heavy (non-hydrogen) atoms. The fraction of sp³-hybridized carbons (Fsp3) is 1.00. The highest BCUT2D eigenvalue weighted by Crippen LogP contribution is 2.44. The van der Waals surface area contributed by atoms with Crippen LogP contribution in [0.15, 0.2) is 0 Å². The minimum Gasteiger partial charge on any atom is -0.0651 e. The Bertz CT molecular complexity index is 148. The van der Waals surface area contributed by atoms with Crippen molar-refractivity contribution in [2.75, 3.05) is 0 Å². The van der Waals surface area contributed by atoms with Crippen LogP contribution in [0.1, 0.15) is 66.2 Å². The molecular weight excluding hydrogens is 168 g/mol. The van der Waals surface area contributed by atoms with Gasteiger partial charge in [-0.1, -0.05) is 59.8 Å². The van der Waals surface area contributed by atoms with Crippen LogP contribution in [0.3, 0.4) is 0 Å². The predicted octanol–water partition coefficient (Wildman–Crippen LogP) is 4.89. The lowest BCUT2D eigenvalue weighted by molar-refractivity contribution is 0.373. The summed E-state index contributed by atoms with van der Waals surface area (Å²) in [6.07, 6.45) is 8.87. The van der Waals surface area contributed by atoms with Crippen LogP contribution < -0.4 is 0 Å². The van der Waals surface area contributed by atoms with Crippen molar-refractivity contribution in [3.8, 4) is 0 Å². The van der Waals surface area contributed by atoms with Crippen molar-refractivity contribution in [1.82, 2.24) is 0 Å². The van der Waals surface area contributed by atoms with Gasteiger partial charge in [-0.15, -0.1) is 0 Å². The predicted molar refractivity (Wildman–Crippen MR) is 64.4 cm³/mol. The van der Waals surface area contributed by atoms with Gasteiger partial charge in [-0.2, -0.15) is 0 Å². The second-order valence-corrected chi connectivity index (χ2v) is 5.67. The van der Waals surface area contributed by atoms with Gasteiger partial charge >= 0.3 is 0 Å². The van der Waals surface area contributed by atoms with Gasteiger partial charge in [0.05, 0.1) is 0 Å². The molecule has 0 aromatic carbocycles. The zero-order chi connectivity index (χ0) is 10.6. The highest BCUT2D eigenvalue weighted by molar-refractivity contribution is 4.84. The van der Waals surface area contributed by atoms with E-state index in [1.165, 1.54) is 38.5 Å². The molecule has 0 aromatic heterocycles. The molecule has 0 radical (unpaired) electrons. The molecule has 1 aliphatic carbocycles. The first-order valence-electron chi connectivity index (χ1n) is 6.65. The molecule has 3 atom stereocenters.